The molecule has 0 radical (unpaired) electrons. The predicted molar refractivity (Wildman–Crippen MR) is 79.8 cm³/mol. The number of hydrogen-bond donors (Lipinski definition) is 1. The fourth-order valence-electron chi connectivity index (χ4n) is 1.92. The SMILES string of the molecule is CCC(Nc1c(C)cc(Cl)nc1Cl)c1ccc(F)cn1. The van der Waals surface area contributed by atoms with E-state index in [1.165, 1.54) is 12.3 Å². The standard InChI is InChI=1S/C14H14Cl2FN3/c1-3-10(11-5-4-9(17)7-18-11)19-13-8(2)6-12(15)20-14(13)16/h4-7,10,19H,3H2,1-2H3. The Morgan fingerprint density at radius 3 is 2.65 bits per heavy atom. The van der Waals surface area contributed by atoms with E-state index in [9.17, 15) is 4.39 Å². The first kappa shape index (κ1) is 15.0. The van der Waals surface area contributed by atoms with Crippen LogP contribution in [0.2, 0.25) is 10.3 Å². The monoisotopic (exact) mass is 313 g/mol. The number of aryl methyl sites for hydroxylation is 1. The zero-order chi connectivity index (χ0) is 14.7. The first-order valence-corrected chi connectivity index (χ1v) is 6.97. The Morgan fingerprint density at radius 2 is 2.10 bits per heavy atom. The van der Waals surface area contributed by atoms with E-state index in [2.05, 4.69) is 15.3 Å². The molecule has 1 atom stereocenters. The summed E-state index contributed by atoms with van der Waals surface area (Å²) in [4.78, 5) is 8.11. The van der Waals surface area contributed by atoms with Gasteiger partial charge in [0.05, 0.1) is 23.6 Å². The van der Waals surface area contributed by atoms with E-state index in [1.54, 1.807) is 12.1 Å². The van der Waals surface area contributed by atoms with E-state index < -0.39 is 0 Å². The van der Waals surface area contributed by atoms with Crippen molar-refractivity contribution in [3.8, 4) is 0 Å². The van der Waals surface area contributed by atoms with Gasteiger partial charge in [-0.25, -0.2) is 9.37 Å². The Bertz CT molecular complexity index is 579. The van der Waals surface area contributed by atoms with Crippen molar-refractivity contribution in [2.24, 2.45) is 0 Å². The Labute approximate surface area is 127 Å². The molecular weight excluding hydrogens is 300 g/mol. The van der Waals surface area contributed by atoms with Crippen LogP contribution in [0.1, 0.15) is 30.6 Å². The van der Waals surface area contributed by atoms with Crippen LogP contribution in [0.3, 0.4) is 0 Å². The average molecular weight is 314 g/mol. The Kier molecular flexibility index (Phi) is 4.78. The summed E-state index contributed by atoms with van der Waals surface area (Å²) in [5, 5.41) is 3.96. The van der Waals surface area contributed by atoms with E-state index in [4.69, 9.17) is 23.2 Å². The Morgan fingerprint density at radius 1 is 1.35 bits per heavy atom. The van der Waals surface area contributed by atoms with E-state index in [-0.39, 0.29) is 11.9 Å². The van der Waals surface area contributed by atoms with Gasteiger partial charge in [-0.15, -0.1) is 0 Å². The molecule has 0 saturated carbocycles. The van der Waals surface area contributed by atoms with Crippen LogP contribution in [0.4, 0.5) is 10.1 Å². The van der Waals surface area contributed by atoms with Crippen LogP contribution >= 0.6 is 23.2 Å². The molecule has 0 aliphatic heterocycles. The third kappa shape index (κ3) is 3.38. The van der Waals surface area contributed by atoms with Crippen LogP contribution in [0.5, 0.6) is 0 Å². The minimum absolute atomic E-state index is 0.0743. The summed E-state index contributed by atoms with van der Waals surface area (Å²) in [6, 6.07) is 4.71. The van der Waals surface area contributed by atoms with Gasteiger partial charge in [-0.05, 0) is 37.1 Å². The summed E-state index contributed by atoms with van der Waals surface area (Å²) < 4.78 is 12.9. The highest BCUT2D eigenvalue weighted by molar-refractivity contribution is 6.34. The van der Waals surface area contributed by atoms with Crippen LogP contribution in [-0.4, -0.2) is 9.97 Å². The molecule has 20 heavy (non-hydrogen) atoms. The highest BCUT2D eigenvalue weighted by Gasteiger charge is 2.15. The van der Waals surface area contributed by atoms with Gasteiger partial charge in [0.15, 0.2) is 5.15 Å². The quantitative estimate of drug-likeness (QED) is 0.824. The summed E-state index contributed by atoms with van der Waals surface area (Å²) in [7, 11) is 0. The minimum atomic E-state index is -0.356. The molecule has 1 N–H and O–H groups in total. The first-order valence-electron chi connectivity index (χ1n) is 6.22. The fraction of sp³-hybridized carbons (Fsp3) is 0.286. The van der Waals surface area contributed by atoms with Gasteiger partial charge in [-0.2, -0.15) is 0 Å². The third-order valence-electron chi connectivity index (χ3n) is 2.98. The third-order valence-corrected chi connectivity index (χ3v) is 3.44. The van der Waals surface area contributed by atoms with Crippen molar-refractivity contribution in [2.75, 3.05) is 5.32 Å². The lowest BCUT2D eigenvalue weighted by Crippen LogP contribution is -2.13. The second-order valence-corrected chi connectivity index (χ2v) is 5.18. The molecule has 0 amide bonds. The Balaban J connectivity index is 2.29. The molecule has 0 aliphatic rings. The van der Waals surface area contributed by atoms with Gasteiger partial charge >= 0.3 is 0 Å². The van der Waals surface area contributed by atoms with E-state index in [1.807, 2.05) is 13.8 Å². The second kappa shape index (κ2) is 6.37. The average Bonchev–Trinajstić information content (AvgIpc) is 2.39. The van der Waals surface area contributed by atoms with Crippen molar-refractivity contribution in [2.45, 2.75) is 26.3 Å². The molecule has 2 heterocycles. The first-order chi connectivity index (χ1) is 9.51. The maximum atomic E-state index is 12.9. The highest BCUT2D eigenvalue weighted by atomic mass is 35.5. The zero-order valence-corrected chi connectivity index (χ0v) is 12.6. The maximum Gasteiger partial charge on any atom is 0.154 e. The zero-order valence-electron chi connectivity index (χ0n) is 11.1. The molecule has 3 nitrogen and oxygen atoms in total. The molecule has 2 aromatic rings. The molecule has 0 bridgehead atoms. The van der Waals surface area contributed by atoms with Gasteiger partial charge in [0.25, 0.3) is 0 Å². The normalized spacial score (nSPS) is 12.2. The van der Waals surface area contributed by atoms with Crippen LogP contribution in [0.25, 0.3) is 0 Å². The lowest BCUT2D eigenvalue weighted by atomic mass is 10.1. The maximum absolute atomic E-state index is 12.9. The molecule has 0 fully saturated rings. The molecule has 0 spiro atoms. The molecule has 2 aromatic heterocycles. The van der Waals surface area contributed by atoms with E-state index >= 15 is 0 Å². The van der Waals surface area contributed by atoms with Crippen molar-refractivity contribution >= 4 is 28.9 Å². The van der Waals surface area contributed by atoms with Crippen molar-refractivity contribution in [1.82, 2.24) is 9.97 Å². The molecular formula is C14H14Cl2FN3. The molecule has 1 unspecified atom stereocenters. The summed E-state index contributed by atoms with van der Waals surface area (Å²) in [5.74, 6) is -0.356. The fourth-order valence-corrected chi connectivity index (χ4v) is 2.51. The smallest absolute Gasteiger partial charge is 0.154 e. The topological polar surface area (TPSA) is 37.8 Å². The van der Waals surface area contributed by atoms with Crippen molar-refractivity contribution in [3.05, 3.63) is 51.8 Å². The van der Waals surface area contributed by atoms with Gasteiger partial charge in [0.2, 0.25) is 0 Å². The number of pyridine rings is 2. The lowest BCUT2D eigenvalue weighted by Gasteiger charge is -2.20. The van der Waals surface area contributed by atoms with Crippen molar-refractivity contribution in [1.29, 1.82) is 0 Å². The molecule has 106 valence electrons. The number of rotatable bonds is 4. The summed E-state index contributed by atoms with van der Waals surface area (Å²) >= 11 is 12.0. The van der Waals surface area contributed by atoms with Gasteiger partial charge in [0, 0.05) is 0 Å². The van der Waals surface area contributed by atoms with Gasteiger partial charge < -0.3 is 5.32 Å². The van der Waals surface area contributed by atoms with Gasteiger partial charge in [-0.1, -0.05) is 30.1 Å². The minimum Gasteiger partial charge on any atom is -0.374 e. The van der Waals surface area contributed by atoms with Crippen molar-refractivity contribution < 1.29 is 4.39 Å². The van der Waals surface area contributed by atoms with Gasteiger partial charge in [0.1, 0.15) is 11.0 Å². The van der Waals surface area contributed by atoms with Crippen molar-refractivity contribution in [3.63, 3.8) is 0 Å². The molecule has 0 aliphatic carbocycles. The number of hydrogen-bond acceptors (Lipinski definition) is 3. The van der Waals surface area contributed by atoms with Crippen LogP contribution in [0.15, 0.2) is 24.4 Å². The number of nitrogens with one attached hydrogen (secondary N) is 1. The van der Waals surface area contributed by atoms with E-state index in [0.29, 0.717) is 16.0 Å². The number of halogens is 3. The molecule has 0 saturated heterocycles. The van der Waals surface area contributed by atoms with Crippen LogP contribution < -0.4 is 5.32 Å². The molecule has 6 heteroatoms. The van der Waals surface area contributed by atoms with Crippen LogP contribution in [0, 0.1) is 12.7 Å². The lowest BCUT2D eigenvalue weighted by molar-refractivity contribution is 0.614. The van der Waals surface area contributed by atoms with E-state index in [0.717, 1.165) is 17.7 Å². The van der Waals surface area contributed by atoms with Crippen LogP contribution in [-0.2, 0) is 0 Å². The summed E-state index contributed by atoms with van der Waals surface area (Å²) in [5.41, 5.74) is 2.36. The highest BCUT2D eigenvalue weighted by Crippen LogP contribution is 2.30. The summed E-state index contributed by atoms with van der Waals surface area (Å²) in [6.07, 6.45) is 1.98. The number of anilines is 1. The Hall–Kier alpha value is -1.39. The second-order valence-electron chi connectivity index (χ2n) is 4.43. The molecule has 2 rings (SSSR count). The predicted octanol–water partition coefficient (Wildman–Crippen LogP) is 4.79. The molecule has 0 aromatic carbocycles. The largest absolute Gasteiger partial charge is 0.374 e. The number of aromatic nitrogens is 2. The van der Waals surface area contributed by atoms with Gasteiger partial charge in [-0.3, -0.25) is 4.98 Å². The number of nitrogens with zero attached hydrogens (tertiary/aromatic N) is 2. The summed E-state index contributed by atoms with van der Waals surface area (Å²) in [6.45, 7) is 3.90.